The predicted octanol–water partition coefficient (Wildman–Crippen LogP) is 1.76. The Labute approximate surface area is 148 Å². The summed E-state index contributed by atoms with van der Waals surface area (Å²) in [7, 11) is 1.81. The summed E-state index contributed by atoms with van der Waals surface area (Å²) in [4.78, 5) is 6.68. The molecule has 7 heteroatoms. The van der Waals surface area contributed by atoms with Crippen molar-refractivity contribution in [2.45, 2.75) is 33.0 Å². The minimum Gasteiger partial charge on any atom is -0.370 e. The van der Waals surface area contributed by atoms with Crippen molar-refractivity contribution in [2.24, 2.45) is 4.99 Å². The normalized spacial score (nSPS) is 18.4. The zero-order chi connectivity index (χ0) is 17.6. The zero-order valence-electron chi connectivity index (χ0n) is 15.1. The van der Waals surface area contributed by atoms with Crippen LogP contribution in [0, 0.1) is 6.92 Å². The predicted molar refractivity (Wildman–Crippen MR) is 97.3 cm³/mol. The number of hydrogen-bond acceptors (Lipinski definition) is 4. The molecule has 1 aliphatic rings. The maximum Gasteiger partial charge on any atom is 0.194 e. The van der Waals surface area contributed by atoms with Crippen molar-refractivity contribution in [3.63, 3.8) is 0 Å². The van der Waals surface area contributed by atoms with Gasteiger partial charge in [0.2, 0.25) is 0 Å². The van der Waals surface area contributed by atoms with Gasteiger partial charge in [0.1, 0.15) is 12.4 Å². The molecule has 1 saturated heterocycles. The lowest BCUT2D eigenvalue weighted by Gasteiger charge is -2.35. The lowest BCUT2D eigenvalue weighted by atomic mass is 10.0. The Balaban J connectivity index is 1.66. The summed E-state index contributed by atoms with van der Waals surface area (Å²) in [5, 5.41) is 11.5. The van der Waals surface area contributed by atoms with Crippen LogP contribution in [0.3, 0.4) is 0 Å². The van der Waals surface area contributed by atoms with Crippen LogP contribution in [-0.4, -0.2) is 52.4 Å². The van der Waals surface area contributed by atoms with E-state index in [1.165, 1.54) is 11.1 Å². The fraction of sp³-hybridized carbons (Fsp3) is 0.500. The summed E-state index contributed by atoms with van der Waals surface area (Å²) in [5.74, 6) is 1.78. The van der Waals surface area contributed by atoms with Crippen LogP contribution in [0.5, 0.6) is 0 Å². The van der Waals surface area contributed by atoms with Gasteiger partial charge in [-0.25, -0.2) is 0 Å². The van der Waals surface area contributed by atoms with E-state index in [4.69, 9.17) is 4.74 Å². The van der Waals surface area contributed by atoms with E-state index in [1.807, 2.05) is 11.6 Å². The molecule has 2 aromatic rings. The van der Waals surface area contributed by atoms with Crippen LogP contribution in [0.4, 0.5) is 0 Å². The molecule has 3 rings (SSSR count). The van der Waals surface area contributed by atoms with Crippen LogP contribution < -0.4 is 5.32 Å². The zero-order valence-corrected chi connectivity index (χ0v) is 15.1. The van der Waals surface area contributed by atoms with Crippen LogP contribution in [0.2, 0.25) is 0 Å². The fourth-order valence-electron chi connectivity index (χ4n) is 3.15. The Kier molecular flexibility index (Phi) is 5.65. The van der Waals surface area contributed by atoms with Gasteiger partial charge >= 0.3 is 0 Å². The molecule has 25 heavy (non-hydrogen) atoms. The maximum absolute atomic E-state index is 6.01. The number of benzene rings is 1. The molecule has 1 atom stereocenters. The number of aryl methyl sites for hydroxylation is 2. The average molecular weight is 342 g/mol. The lowest BCUT2D eigenvalue weighted by molar-refractivity contribution is -0.00835. The van der Waals surface area contributed by atoms with Crippen molar-refractivity contribution in [1.82, 2.24) is 25.0 Å². The minimum atomic E-state index is 0.0628. The van der Waals surface area contributed by atoms with Gasteiger partial charge in [-0.1, -0.05) is 24.3 Å². The van der Waals surface area contributed by atoms with Crippen molar-refractivity contribution < 1.29 is 4.74 Å². The third kappa shape index (κ3) is 3.99. The first kappa shape index (κ1) is 17.4. The van der Waals surface area contributed by atoms with Crippen molar-refractivity contribution in [1.29, 1.82) is 0 Å². The number of morpholine rings is 1. The Morgan fingerprint density at radius 1 is 1.40 bits per heavy atom. The van der Waals surface area contributed by atoms with Gasteiger partial charge in [0, 0.05) is 20.1 Å². The third-order valence-corrected chi connectivity index (χ3v) is 4.55. The number of aromatic nitrogens is 3. The fourth-order valence-corrected chi connectivity index (χ4v) is 3.15. The monoisotopic (exact) mass is 342 g/mol. The molecular weight excluding hydrogens is 316 g/mol. The summed E-state index contributed by atoms with van der Waals surface area (Å²) >= 11 is 0. The van der Waals surface area contributed by atoms with Crippen LogP contribution in [0.25, 0.3) is 0 Å². The smallest absolute Gasteiger partial charge is 0.194 e. The largest absolute Gasteiger partial charge is 0.370 e. The summed E-state index contributed by atoms with van der Waals surface area (Å²) in [6.07, 6.45) is 1.82. The second-order valence-electron chi connectivity index (χ2n) is 6.10. The quantitative estimate of drug-likeness (QED) is 0.677. The van der Waals surface area contributed by atoms with Crippen LogP contribution in [0.15, 0.2) is 35.6 Å². The molecule has 0 bridgehead atoms. The molecule has 0 amide bonds. The maximum atomic E-state index is 6.01. The molecule has 1 N–H and O–H groups in total. The van der Waals surface area contributed by atoms with E-state index in [-0.39, 0.29) is 6.10 Å². The highest BCUT2D eigenvalue weighted by molar-refractivity contribution is 5.80. The van der Waals surface area contributed by atoms with Crippen LogP contribution in [-0.2, 0) is 17.8 Å². The summed E-state index contributed by atoms with van der Waals surface area (Å²) in [5.41, 5.74) is 2.50. The average Bonchev–Trinajstić information content (AvgIpc) is 3.10. The molecule has 134 valence electrons. The van der Waals surface area contributed by atoms with Gasteiger partial charge in [-0.3, -0.25) is 4.99 Å². The van der Waals surface area contributed by atoms with E-state index in [0.29, 0.717) is 13.2 Å². The van der Waals surface area contributed by atoms with Crippen LogP contribution >= 0.6 is 0 Å². The Bertz CT molecular complexity index is 726. The van der Waals surface area contributed by atoms with Gasteiger partial charge in [-0.15, -0.1) is 10.2 Å². The van der Waals surface area contributed by atoms with Gasteiger partial charge in [0.15, 0.2) is 11.8 Å². The van der Waals surface area contributed by atoms with E-state index in [1.54, 1.807) is 6.33 Å². The number of guanidine groups is 1. The number of nitrogens with one attached hydrogen (secondary N) is 1. The molecule has 0 radical (unpaired) electrons. The first-order valence-electron chi connectivity index (χ1n) is 8.72. The van der Waals surface area contributed by atoms with E-state index < -0.39 is 0 Å². The molecule has 0 spiro atoms. The standard InChI is InChI=1S/C18H26N6O/c1-4-23-13-21-22-17(23)11-20-18(19-3)24-9-10-25-16(12-24)15-8-6-5-7-14(15)2/h5-8,13,16H,4,9-12H2,1-3H3,(H,19,20). The van der Waals surface area contributed by atoms with Crippen molar-refractivity contribution >= 4 is 5.96 Å². The lowest BCUT2D eigenvalue weighted by Crippen LogP contribution is -2.48. The first-order chi connectivity index (χ1) is 12.2. The molecule has 1 unspecified atom stereocenters. The van der Waals surface area contributed by atoms with E-state index in [9.17, 15) is 0 Å². The minimum absolute atomic E-state index is 0.0628. The van der Waals surface area contributed by atoms with Crippen molar-refractivity contribution in [3.8, 4) is 0 Å². The third-order valence-electron chi connectivity index (χ3n) is 4.55. The molecule has 1 aliphatic heterocycles. The summed E-state index contributed by atoms with van der Waals surface area (Å²) < 4.78 is 8.03. The number of aliphatic imine (C=N–C) groups is 1. The highest BCUT2D eigenvalue weighted by Gasteiger charge is 2.25. The van der Waals surface area contributed by atoms with Gasteiger partial charge in [0.05, 0.1) is 19.7 Å². The second kappa shape index (κ2) is 8.11. The molecule has 0 aliphatic carbocycles. The van der Waals surface area contributed by atoms with Gasteiger partial charge in [-0.2, -0.15) is 0 Å². The molecule has 1 aromatic carbocycles. The highest BCUT2D eigenvalue weighted by Crippen LogP contribution is 2.24. The van der Waals surface area contributed by atoms with Gasteiger partial charge in [-0.05, 0) is 25.0 Å². The Hall–Kier alpha value is -2.41. The van der Waals surface area contributed by atoms with Crippen molar-refractivity contribution in [2.75, 3.05) is 26.7 Å². The van der Waals surface area contributed by atoms with E-state index in [2.05, 4.69) is 63.5 Å². The van der Waals surface area contributed by atoms with Crippen LogP contribution in [0.1, 0.15) is 30.0 Å². The molecule has 1 fully saturated rings. The van der Waals surface area contributed by atoms with E-state index in [0.717, 1.165) is 31.4 Å². The van der Waals surface area contributed by atoms with Gasteiger partial charge in [0.25, 0.3) is 0 Å². The second-order valence-corrected chi connectivity index (χ2v) is 6.10. The summed E-state index contributed by atoms with van der Waals surface area (Å²) in [6, 6.07) is 8.39. The van der Waals surface area contributed by atoms with E-state index >= 15 is 0 Å². The topological polar surface area (TPSA) is 67.6 Å². The Morgan fingerprint density at radius 3 is 3.00 bits per heavy atom. The highest BCUT2D eigenvalue weighted by atomic mass is 16.5. The number of ether oxygens (including phenoxy) is 1. The van der Waals surface area contributed by atoms with Gasteiger partial charge < -0.3 is 19.5 Å². The molecule has 0 saturated carbocycles. The molecule has 7 nitrogen and oxygen atoms in total. The molecule has 1 aromatic heterocycles. The van der Waals surface area contributed by atoms with Crippen molar-refractivity contribution in [3.05, 3.63) is 47.5 Å². The summed E-state index contributed by atoms with van der Waals surface area (Å²) in [6.45, 7) is 7.96. The molecular formula is C18H26N6O. The Morgan fingerprint density at radius 2 is 2.24 bits per heavy atom. The number of nitrogens with zero attached hydrogens (tertiary/aromatic N) is 5. The number of rotatable bonds is 4. The first-order valence-corrected chi connectivity index (χ1v) is 8.72. The molecule has 2 heterocycles. The SMILES string of the molecule is CCn1cnnc1CNC(=NC)N1CCOC(c2ccccc2C)C1. The number of hydrogen-bond donors (Lipinski definition) is 1.